The van der Waals surface area contributed by atoms with Crippen LogP contribution in [0.5, 0.6) is 5.75 Å². The first-order valence-corrected chi connectivity index (χ1v) is 8.03. The summed E-state index contributed by atoms with van der Waals surface area (Å²) in [7, 11) is -1.46. The van der Waals surface area contributed by atoms with Gasteiger partial charge in [0.2, 0.25) is 5.91 Å². The van der Waals surface area contributed by atoms with Crippen molar-refractivity contribution in [2.45, 2.75) is 25.7 Å². The van der Waals surface area contributed by atoms with Crippen molar-refractivity contribution in [3.8, 4) is 5.75 Å². The molecule has 0 bridgehead atoms. The maximum absolute atomic E-state index is 12.3. The van der Waals surface area contributed by atoms with E-state index in [0.717, 1.165) is 0 Å². The Morgan fingerprint density at radius 3 is 2.50 bits per heavy atom. The van der Waals surface area contributed by atoms with Crippen molar-refractivity contribution in [1.29, 1.82) is 0 Å². The summed E-state index contributed by atoms with van der Waals surface area (Å²) in [6.45, 7) is 7.41. The molecule has 6 heteroatoms. The Morgan fingerprint density at radius 2 is 1.95 bits per heavy atom. The van der Waals surface area contributed by atoms with E-state index in [0.29, 0.717) is 36.0 Å². The highest BCUT2D eigenvalue weighted by molar-refractivity contribution is 7.86. The highest BCUT2D eigenvalue weighted by atomic mass is 32.2. The number of nitrogens with zero attached hydrogens (tertiary/aromatic N) is 1. The molecule has 112 valence electrons. The number of carbonyl (C=O) groups excluding carboxylic acids is 1. The first-order valence-electron chi connectivity index (χ1n) is 6.71. The molecule has 2 N–H and O–H groups in total. The summed E-state index contributed by atoms with van der Waals surface area (Å²) in [6, 6.07) is 5.02. The molecule has 5 nitrogen and oxygen atoms in total. The zero-order valence-corrected chi connectivity index (χ0v) is 13.0. The van der Waals surface area contributed by atoms with Gasteiger partial charge < -0.3 is 15.4 Å². The molecule has 0 saturated heterocycles. The fourth-order valence-corrected chi connectivity index (χ4v) is 2.97. The predicted octanol–water partition coefficient (Wildman–Crippen LogP) is 1.64. The fraction of sp³-hybridized carbons (Fsp3) is 0.500. The normalized spacial score (nSPS) is 11.9. The van der Waals surface area contributed by atoms with Crippen molar-refractivity contribution >= 4 is 22.4 Å². The fourth-order valence-electron chi connectivity index (χ4n) is 1.83. The summed E-state index contributed by atoms with van der Waals surface area (Å²) in [6.07, 6.45) is 0. The molecule has 0 aliphatic carbocycles. The van der Waals surface area contributed by atoms with E-state index in [4.69, 9.17) is 10.5 Å². The number of ether oxygens (including phenoxy) is 1. The van der Waals surface area contributed by atoms with E-state index in [1.165, 1.54) is 0 Å². The van der Waals surface area contributed by atoms with Crippen molar-refractivity contribution in [3.05, 3.63) is 18.2 Å². The van der Waals surface area contributed by atoms with E-state index in [-0.39, 0.29) is 11.7 Å². The number of nitrogens with two attached hydrogens (primary N) is 1. The molecular formula is C14H22N2O3S. The van der Waals surface area contributed by atoms with Gasteiger partial charge in [-0.1, -0.05) is 0 Å². The zero-order chi connectivity index (χ0) is 15.1. The van der Waals surface area contributed by atoms with E-state index >= 15 is 0 Å². The van der Waals surface area contributed by atoms with Gasteiger partial charge in [0.1, 0.15) is 11.5 Å². The van der Waals surface area contributed by atoms with E-state index < -0.39 is 10.8 Å². The summed E-state index contributed by atoms with van der Waals surface area (Å²) in [4.78, 5) is 14.1. The van der Waals surface area contributed by atoms with Gasteiger partial charge in [0, 0.05) is 18.8 Å². The van der Waals surface area contributed by atoms with Crippen molar-refractivity contribution in [1.82, 2.24) is 4.90 Å². The molecule has 0 aliphatic rings. The topological polar surface area (TPSA) is 72.6 Å². The van der Waals surface area contributed by atoms with Crippen LogP contribution in [0, 0.1) is 0 Å². The number of rotatable bonds is 7. The Balaban J connectivity index is 2.86. The van der Waals surface area contributed by atoms with Crippen LogP contribution in [0.3, 0.4) is 0 Å². The van der Waals surface area contributed by atoms with Crippen LogP contribution in [0.25, 0.3) is 0 Å². The second-order valence-electron chi connectivity index (χ2n) is 4.19. The van der Waals surface area contributed by atoms with Gasteiger partial charge in [0.25, 0.3) is 0 Å². The summed E-state index contributed by atoms with van der Waals surface area (Å²) in [5.74, 6) is 0.427. The van der Waals surface area contributed by atoms with Crippen LogP contribution in [0.1, 0.15) is 20.8 Å². The highest BCUT2D eigenvalue weighted by Crippen LogP contribution is 2.23. The van der Waals surface area contributed by atoms with E-state index in [2.05, 4.69) is 0 Å². The Morgan fingerprint density at radius 1 is 1.30 bits per heavy atom. The maximum atomic E-state index is 12.3. The molecule has 0 radical (unpaired) electrons. The largest absolute Gasteiger partial charge is 0.494 e. The van der Waals surface area contributed by atoms with Crippen LogP contribution in [-0.4, -0.2) is 40.5 Å². The van der Waals surface area contributed by atoms with Crippen LogP contribution in [0.2, 0.25) is 0 Å². The van der Waals surface area contributed by atoms with Gasteiger partial charge in [-0.15, -0.1) is 0 Å². The molecule has 1 unspecified atom stereocenters. The second kappa shape index (κ2) is 7.89. The van der Waals surface area contributed by atoms with Crippen molar-refractivity contribution in [2.75, 3.05) is 31.2 Å². The molecule has 1 rings (SSSR count). The highest BCUT2D eigenvalue weighted by Gasteiger charge is 2.17. The quantitative estimate of drug-likeness (QED) is 0.777. The van der Waals surface area contributed by atoms with Gasteiger partial charge in [-0.05, 0) is 39.0 Å². The van der Waals surface area contributed by atoms with Gasteiger partial charge in [-0.2, -0.15) is 0 Å². The van der Waals surface area contributed by atoms with Gasteiger partial charge in [-0.3, -0.25) is 9.00 Å². The van der Waals surface area contributed by atoms with E-state index in [1.54, 1.807) is 23.1 Å². The summed E-state index contributed by atoms with van der Waals surface area (Å²) < 4.78 is 17.7. The number of hydrogen-bond donors (Lipinski definition) is 1. The molecule has 0 heterocycles. The molecule has 1 aromatic rings. The van der Waals surface area contributed by atoms with Crippen LogP contribution in [-0.2, 0) is 15.6 Å². The maximum Gasteiger partial charge on any atom is 0.235 e. The number of carbonyl (C=O) groups is 1. The average Bonchev–Trinajstić information content (AvgIpc) is 2.42. The van der Waals surface area contributed by atoms with Gasteiger partial charge in [0.15, 0.2) is 0 Å². The second-order valence-corrected chi connectivity index (χ2v) is 5.61. The minimum absolute atomic E-state index is 0.0541. The number of amides is 1. The standard InChI is InChI=1S/C14H22N2O3S/c1-4-16(5-2)14(17)10-20(18)13-9-11(19-6-3)7-8-12(13)15/h7-9H,4-6,10,15H2,1-3H3. The molecule has 1 amide bonds. The van der Waals surface area contributed by atoms with Crippen molar-refractivity contribution < 1.29 is 13.7 Å². The number of benzene rings is 1. The molecule has 1 atom stereocenters. The Kier molecular flexibility index (Phi) is 6.51. The lowest BCUT2D eigenvalue weighted by Crippen LogP contribution is -2.34. The van der Waals surface area contributed by atoms with E-state index in [9.17, 15) is 9.00 Å². The van der Waals surface area contributed by atoms with Gasteiger partial charge >= 0.3 is 0 Å². The monoisotopic (exact) mass is 298 g/mol. The third kappa shape index (κ3) is 4.23. The number of anilines is 1. The number of nitrogen functional groups attached to an aromatic ring is 1. The first-order chi connectivity index (χ1) is 9.53. The van der Waals surface area contributed by atoms with Gasteiger partial charge in [-0.25, -0.2) is 0 Å². The van der Waals surface area contributed by atoms with Crippen LogP contribution < -0.4 is 10.5 Å². The first kappa shape index (κ1) is 16.5. The molecule has 0 aromatic heterocycles. The Labute approximate surface area is 122 Å². The molecule has 0 saturated carbocycles. The molecule has 1 aromatic carbocycles. The van der Waals surface area contributed by atoms with Crippen LogP contribution >= 0.6 is 0 Å². The zero-order valence-electron chi connectivity index (χ0n) is 12.2. The minimum atomic E-state index is -1.46. The summed E-state index contributed by atoms with van der Waals surface area (Å²) in [5, 5.41) is 0. The Bertz CT molecular complexity index is 487. The average molecular weight is 298 g/mol. The number of hydrogen-bond acceptors (Lipinski definition) is 4. The molecule has 20 heavy (non-hydrogen) atoms. The lowest BCUT2D eigenvalue weighted by Gasteiger charge is -2.18. The lowest BCUT2D eigenvalue weighted by atomic mass is 10.3. The molecule has 0 spiro atoms. The van der Waals surface area contributed by atoms with Gasteiger partial charge in [0.05, 0.1) is 22.3 Å². The molecule has 0 aliphatic heterocycles. The summed E-state index contributed by atoms with van der Waals surface area (Å²) >= 11 is 0. The summed E-state index contributed by atoms with van der Waals surface area (Å²) in [5.41, 5.74) is 6.25. The van der Waals surface area contributed by atoms with Crippen LogP contribution in [0.4, 0.5) is 5.69 Å². The predicted molar refractivity (Wildman–Crippen MR) is 81.2 cm³/mol. The van der Waals surface area contributed by atoms with Crippen LogP contribution in [0.15, 0.2) is 23.1 Å². The SMILES string of the molecule is CCOc1ccc(N)c(S(=O)CC(=O)N(CC)CC)c1. The minimum Gasteiger partial charge on any atom is -0.494 e. The van der Waals surface area contributed by atoms with E-state index in [1.807, 2.05) is 20.8 Å². The third-order valence-electron chi connectivity index (χ3n) is 2.91. The van der Waals surface area contributed by atoms with Crippen molar-refractivity contribution in [3.63, 3.8) is 0 Å². The third-order valence-corrected chi connectivity index (χ3v) is 4.27. The molecule has 0 fully saturated rings. The smallest absolute Gasteiger partial charge is 0.235 e. The lowest BCUT2D eigenvalue weighted by molar-refractivity contribution is -0.128. The Hall–Kier alpha value is -1.56. The molecular weight excluding hydrogens is 276 g/mol. The van der Waals surface area contributed by atoms with Crippen molar-refractivity contribution in [2.24, 2.45) is 0 Å².